The van der Waals surface area contributed by atoms with E-state index in [4.69, 9.17) is 11.6 Å². The monoisotopic (exact) mass is 356 g/mol. The van der Waals surface area contributed by atoms with Crippen LogP contribution < -0.4 is 0 Å². The van der Waals surface area contributed by atoms with Gasteiger partial charge in [-0.05, 0) is 19.8 Å². The molecule has 2 aliphatic heterocycles. The van der Waals surface area contributed by atoms with E-state index < -0.39 is 0 Å². The smallest absolute Gasteiger partial charge is 0.245 e. The summed E-state index contributed by atoms with van der Waals surface area (Å²) in [6.45, 7) is 2.19. The third-order valence-electron chi connectivity index (χ3n) is 5.21. The number of fused-ring (bicyclic) bond motifs is 6. The topological polar surface area (TPSA) is 68.3 Å². The maximum atomic E-state index is 12.9. The lowest BCUT2D eigenvalue weighted by atomic mass is 9.99. The van der Waals surface area contributed by atoms with Gasteiger partial charge in [0.1, 0.15) is 6.54 Å². The number of amides is 1. The molecule has 0 aliphatic carbocycles. The molecule has 2 bridgehead atoms. The average molecular weight is 357 g/mol. The molecular formula is C17H17ClN6O. The summed E-state index contributed by atoms with van der Waals surface area (Å²) in [6.07, 6.45) is 7.94. The van der Waals surface area contributed by atoms with Crippen molar-refractivity contribution in [1.29, 1.82) is 0 Å². The average Bonchev–Trinajstić information content (AvgIpc) is 3.24. The van der Waals surface area contributed by atoms with Gasteiger partial charge in [0.2, 0.25) is 5.91 Å². The fourth-order valence-corrected chi connectivity index (χ4v) is 4.38. The molecule has 7 nitrogen and oxygen atoms in total. The van der Waals surface area contributed by atoms with Crippen LogP contribution in [0, 0.1) is 6.92 Å². The lowest BCUT2D eigenvalue weighted by molar-refractivity contribution is -0.135. The lowest BCUT2D eigenvalue weighted by Crippen LogP contribution is -2.44. The zero-order valence-electron chi connectivity index (χ0n) is 13.8. The predicted octanol–water partition coefficient (Wildman–Crippen LogP) is 2.18. The number of carbonyl (C=O) groups excluding carboxylic acids is 1. The van der Waals surface area contributed by atoms with E-state index in [-0.39, 0.29) is 24.5 Å². The predicted molar refractivity (Wildman–Crippen MR) is 91.3 cm³/mol. The minimum atomic E-state index is 0.0775. The van der Waals surface area contributed by atoms with Gasteiger partial charge in [-0.1, -0.05) is 11.6 Å². The molecule has 5 heterocycles. The van der Waals surface area contributed by atoms with Crippen LogP contribution in [0.15, 0.2) is 24.7 Å². The highest BCUT2D eigenvalue weighted by atomic mass is 35.5. The largest absolute Gasteiger partial charge is 0.331 e. The SMILES string of the molecule is Cc1cc2ncc3c(n2n1)C[C@@H]1CC[C@@H]3N1C(=O)Cn1cc(Cl)cn1. The molecule has 0 radical (unpaired) electrons. The van der Waals surface area contributed by atoms with Crippen molar-refractivity contribution in [3.05, 3.63) is 46.6 Å². The number of hydrogen-bond donors (Lipinski definition) is 0. The molecule has 128 valence electrons. The van der Waals surface area contributed by atoms with Crippen molar-refractivity contribution >= 4 is 23.2 Å². The molecule has 1 saturated heterocycles. The summed E-state index contributed by atoms with van der Waals surface area (Å²) < 4.78 is 3.54. The molecule has 0 aromatic carbocycles. The van der Waals surface area contributed by atoms with Gasteiger partial charge >= 0.3 is 0 Å². The number of hydrogen-bond acceptors (Lipinski definition) is 4. The van der Waals surface area contributed by atoms with Gasteiger partial charge in [-0.3, -0.25) is 9.48 Å². The van der Waals surface area contributed by atoms with E-state index in [0.717, 1.165) is 36.2 Å². The summed E-state index contributed by atoms with van der Waals surface area (Å²) in [4.78, 5) is 19.5. The summed E-state index contributed by atoms with van der Waals surface area (Å²) in [7, 11) is 0. The van der Waals surface area contributed by atoms with Gasteiger partial charge in [0, 0.05) is 36.5 Å². The Hall–Kier alpha value is -2.41. The van der Waals surface area contributed by atoms with E-state index in [9.17, 15) is 4.79 Å². The Balaban J connectivity index is 1.50. The normalized spacial score (nSPS) is 21.8. The molecule has 3 aromatic heterocycles. The molecule has 2 atom stereocenters. The standard InChI is InChI=1S/C17H17ClN6O/c1-10-4-16-19-7-13-14-3-2-12(5-15(13)24(16)21-10)23(14)17(25)9-22-8-11(18)6-20-22/h4,6-8,12,14H,2-3,5,9H2,1H3/t12-,14-/m0/s1. The molecule has 1 amide bonds. The van der Waals surface area contributed by atoms with Crippen LogP contribution >= 0.6 is 11.6 Å². The molecule has 8 heteroatoms. The van der Waals surface area contributed by atoms with Crippen LogP contribution in [-0.2, 0) is 17.8 Å². The van der Waals surface area contributed by atoms with E-state index in [1.807, 2.05) is 28.6 Å². The van der Waals surface area contributed by atoms with Gasteiger partial charge in [0.15, 0.2) is 5.65 Å². The zero-order valence-corrected chi connectivity index (χ0v) is 14.5. The molecule has 0 saturated carbocycles. The first kappa shape index (κ1) is 14.9. The summed E-state index contributed by atoms with van der Waals surface area (Å²) in [6, 6.07) is 2.28. The molecule has 1 fully saturated rings. The molecule has 25 heavy (non-hydrogen) atoms. The Labute approximate surface area is 149 Å². The van der Waals surface area contributed by atoms with Crippen LogP contribution in [0.4, 0.5) is 0 Å². The molecule has 2 aliphatic rings. The second-order valence-electron chi connectivity index (χ2n) is 6.82. The van der Waals surface area contributed by atoms with E-state index in [1.54, 1.807) is 17.1 Å². The highest BCUT2D eigenvalue weighted by Gasteiger charge is 2.43. The van der Waals surface area contributed by atoms with Crippen molar-refractivity contribution in [2.45, 2.75) is 44.8 Å². The third kappa shape index (κ3) is 2.26. The Morgan fingerprint density at radius 1 is 1.36 bits per heavy atom. The fraction of sp³-hybridized carbons (Fsp3) is 0.412. The number of halogens is 1. The molecular weight excluding hydrogens is 340 g/mol. The molecule has 0 spiro atoms. The van der Waals surface area contributed by atoms with Crippen LogP contribution in [0.2, 0.25) is 5.02 Å². The number of carbonyl (C=O) groups is 1. The Morgan fingerprint density at radius 3 is 3.04 bits per heavy atom. The summed E-state index contributed by atoms with van der Waals surface area (Å²) >= 11 is 5.90. The molecule has 3 aromatic rings. The first-order chi connectivity index (χ1) is 12.1. The first-order valence-electron chi connectivity index (χ1n) is 8.43. The summed E-state index contributed by atoms with van der Waals surface area (Å²) in [5, 5.41) is 9.25. The number of nitrogens with zero attached hydrogens (tertiary/aromatic N) is 6. The summed E-state index contributed by atoms with van der Waals surface area (Å²) in [5.41, 5.74) is 4.15. The van der Waals surface area contributed by atoms with Crippen molar-refractivity contribution in [2.75, 3.05) is 0 Å². The highest BCUT2D eigenvalue weighted by Crippen LogP contribution is 2.43. The van der Waals surface area contributed by atoms with Crippen molar-refractivity contribution < 1.29 is 4.79 Å². The lowest BCUT2D eigenvalue weighted by Gasteiger charge is -2.36. The maximum Gasteiger partial charge on any atom is 0.245 e. The van der Waals surface area contributed by atoms with Gasteiger partial charge in [0.05, 0.1) is 28.6 Å². The van der Waals surface area contributed by atoms with Gasteiger partial charge in [-0.2, -0.15) is 10.2 Å². The number of aryl methyl sites for hydroxylation is 1. The fourth-order valence-electron chi connectivity index (χ4n) is 4.23. The van der Waals surface area contributed by atoms with Crippen molar-refractivity contribution in [3.8, 4) is 0 Å². The van der Waals surface area contributed by atoms with Gasteiger partial charge in [-0.25, -0.2) is 9.50 Å². The first-order valence-corrected chi connectivity index (χ1v) is 8.81. The van der Waals surface area contributed by atoms with E-state index >= 15 is 0 Å². The van der Waals surface area contributed by atoms with E-state index in [1.165, 1.54) is 5.69 Å². The minimum Gasteiger partial charge on any atom is -0.331 e. The Bertz CT molecular complexity index is 992. The van der Waals surface area contributed by atoms with Crippen molar-refractivity contribution in [2.24, 2.45) is 0 Å². The van der Waals surface area contributed by atoms with E-state index in [0.29, 0.717) is 5.02 Å². The number of rotatable bonds is 2. The second-order valence-corrected chi connectivity index (χ2v) is 7.26. The minimum absolute atomic E-state index is 0.0775. The van der Waals surface area contributed by atoms with Crippen LogP contribution in [0.5, 0.6) is 0 Å². The van der Waals surface area contributed by atoms with E-state index in [2.05, 4.69) is 15.2 Å². The number of aromatic nitrogens is 5. The van der Waals surface area contributed by atoms with Crippen LogP contribution in [0.25, 0.3) is 5.65 Å². The van der Waals surface area contributed by atoms with Crippen LogP contribution in [0.1, 0.15) is 35.8 Å². The molecule has 0 unspecified atom stereocenters. The van der Waals surface area contributed by atoms with Crippen LogP contribution in [-0.4, -0.2) is 41.2 Å². The Kier molecular flexibility index (Phi) is 3.15. The highest BCUT2D eigenvalue weighted by molar-refractivity contribution is 6.30. The quantitative estimate of drug-likeness (QED) is 0.705. The maximum absolute atomic E-state index is 12.9. The third-order valence-corrected chi connectivity index (χ3v) is 5.41. The summed E-state index contributed by atoms with van der Waals surface area (Å²) in [5.74, 6) is 0.0784. The van der Waals surface area contributed by atoms with Gasteiger partial charge in [-0.15, -0.1) is 0 Å². The van der Waals surface area contributed by atoms with Crippen LogP contribution in [0.3, 0.4) is 0 Å². The van der Waals surface area contributed by atoms with Crippen molar-refractivity contribution in [3.63, 3.8) is 0 Å². The Morgan fingerprint density at radius 2 is 2.24 bits per heavy atom. The second kappa shape index (κ2) is 5.29. The van der Waals surface area contributed by atoms with Crippen molar-refractivity contribution in [1.82, 2.24) is 29.3 Å². The zero-order chi connectivity index (χ0) is 17.1. The van der Waals surface area contributed by atoms with Gasteiger partial charge in [0.25, 0.3) is 0 Å². The molecule has 5 rings (SSSR count). The molecule has 0 N–H and O–H groups in total. The van der Waals surface area contributed by atoms with Gasteiger partial charge < -0.3 is 4.90 Å².